The molecule has 1 heterocycles. The Morgan fingerprint density at radius 1 is 1.29 bits per heavy atom. The number of hydrogen-bond acceptors (Lipinski definition) is 2. The van der Waals surface area contributed by atoms with Crippen molar-refractivity contribution in [2.45, 2.75) is 5.33 Å². The van der Waals surface area contributed by atoms with Crippen LogP contribution < -0.4 is 0 Å². The van der Waals surface area contributed by atoms with Gasteiger partial charge in [-0.2, -0.15) is 5.26 Å². The first kappa shape index (κ1) is 9.17. The van der Waals surface area contributed by atoms with Crippen molar-refractivity contribution in [3.8, 4) is 6.07 Å². The van der Waals surface area contributed by atoms with Crippen LogP contribution in [-0.4, -0.2) is 4.98 Å². The third-order valence-corrected chi connectivity index (χ3v) is 2.67. The number of nitrogens with zero attached hydrogens (tertiary/aromatic N) is 2. The van der Waals surface area contributed by atoms with Gasteiger partial charge in [0.15, 0.2) is 0 Å². The van der Waals surface area contributed by atoms with E-state index >= 15 is 0 Å². The first-order chi connectivity index (χ1) is 6.83. The number of nitriles is 1. The Morgan fingerprint density at radius 3 is 2.79 bits per heavy atom. The molecule has 2 aromatic rings. The van der Waals surface area contributed by atoms with Crippen LogP contribution in [0, 0.1) is 11.3 Å². The van der Waals surface area contributed by atoms with E-state index in [9.17, 15) is 0 Å². The molecule has 0 bridgehead atoms. The lowest BCUT2D eigenvalue weighted by Crippen LogP contribution is -1.85. The van der Waals surface area contributed by atoms with Gasteiger partial charge < -0.3 is 0 Å². The van der Waals surface area contributed by atoms with E-state index in [2.05, 4.69) is 20.9 Å². The van der Waals surface area contributed by atoms with Crippen LogP contribution >= 0.6 is 15.9 Å². The molecule has 1 aromatic carbocycles. The maximum Gasteiger partial charge on any atom is 0.141 e. The Balaban J connectivity index is 2.67. The third-order valence-electron chi connectivity index (χ3n) is 2.03. The monoisotopic (exact) mass is 246 g/mol. The summed E-state index contributed by atoms with van der Waals surface area (Å²) in [5.74, 6) is 0. The summed E-state index contributed by atoms with van der Waals surface area (Å²) in [5.41, 5.74) is 2.50. The van der Waals surface area contributed by atoms with Crippen molar-refractivity contribution in [2.24, 2.45) is 0 Å². The van der Waals surface area contributed by atoms with Gasteiger partial charge in [0.2, 0.25) is 0 Å². The molecule has 0 atom stereocenters. The fraction of sp³-hybridized carbons (Fsp3) is 0.0909. The van der Waals surface area contributed by atoms with Gasteiger partial charge >= 0.3 is 0 Å². The fourth-order valence-electron chi connectivity index (χ4n) is 1.31. The van der Waals surface area contributed by atoms with E-state index in [-0.39, 0.29) is 0 Å². The highest BCUT2D eigenvalue weighted by molar-refractivity contribution is 9.08. The highest BCUT2D eigenvalue weighted by atomic mass is 79.9. The molecule has 2 nitrogen and oxygen atoms in total. The molecule has 14 heavy (non-hydrogen) atoms. The van der Waals surface area contributed by atoms with Crippen molar-refractivity contribution in [1.82, 2.24) is 4.98 Å². The Hall–Kier alpha value is -1.40. The molecule has 0 N–H and O–H groups in total. The van der Waals surface area contributed by atoms with Crippen LogP contribution in [0.3, 0.4) is 0 Å². The van der Waals surface area contributed by atoms with Gasteiger partial charge in [0.25, 0.3) is 0 Å². The van der Waals surface area contributed by atoms with Crippen LogP contribution in [0.15, 0.2) is 30.3 Å². The van der Waals surface area contributed by atoms with E-state index in [1.54, 1.807) is 6.07 Å². The largest absolute Gasteiger partial charge is 0.237 e. The van der Waals surface area contributed by atoms with E-state index in [0.717, 1.165) is 16.2 Å². The summed E-state index contributed by atoms with van der Waals surface area (Å²) in [6, 6.07) is 11.7. The maximum absolute atomic E-state index is 8.70. The number of alkyl halides is 1. The van der Waals surface area contributed by atoms with Crippen molar-refractivity contribution >= 4 is 26.8 Å². The summed E-state index contributed by atoms with van der Waals surface area (Å²) in [7, 11) is 0. The van der Waals surface area contributed by atoms with Gasteiger partial charge in [-0.1, -0.05) is 28.1 Å². The lowest BCUT2D eigenvalue weighted by Gasteiger charge is -1.99. The average Bonchev–Trinajstić information content (AvgIpc) is 2.27. The number of benzene rings is 1. The Kier molecular flexibility index (Phi) is 2.47. The lowest BCUT2D eigenvalue weighted by atomic mass is 10.1. The zero-order valence-electron chi connectivity index (χ0n) is 7.37. The van der Waals surface area contributed by atoms with Crippen LogP contribution in [-0.2, 0) is 5.33 Å². The Labute approximate surface area is 90.3 Å². The highest BCUT2D eigenvalue weighted by Crippen LogP contribution is 2.16. The van der Waals surface area contributed by atoms with Crippen LogP contribution in [0.25, 0.3) is 10.9 Å². The fourth-order valence-corrected chi connectivity index (χ4v) is 1.66. The summed E-state index contributed by atoms with van der Waals surface area (Å²) in [6.45, 7) is 0. The smallest absolute Gasteiger partial charge is 0.141 e. The molecule has 0 aliphatic rings. The Morgan fingerprint density at radius 2 is 2.07 bits per heavy atom. The molecule has 3 heteroatoms. The quantitative estimate of drug-likeness (QED) is 0.726. The van der Waals surface area contributed by atoms with Gasteiger partial charge in [0.05, 0.1) is 5.52 Å². The minimum atomic E-state index is 0.462. The summed E-state index contributed by atoms with van der Waals surface area (Å²) < 4.78 is 0. The molecule has 68 valence electrons. The van der Waals surface area contributed by atoms with E-state index < -0.39 is 0 Å². The van der Waals surface area contributed by atoms with Crippen LogP contribution in [0.4, 0.5) is 0 Å². The van der Waals surface area contributed by atoms with Gasteiger partial charge in [-0.25, -0.2) is 4.98 Å². The third kappa shape index (κ3) is 1.61. The van der Waals surface area contributed by atoms with Gasteiger partial charge in [0, 0.05) is 10.7 Å². The first-order valence-electron chi connectivity index (χ1n) is 4.19. The molecule has 0 fully saturated rings. The van der Waals surface area contributed by atoms with Crippen molar-refractivity contribution in [1.29, 1.82) is 5.26 Å². The van der Waals surface area contributed by atoms with Crippen molar-refractivity contribution in [3.63, 3.8) is 0 Å². The first-order valence-corrected chi connectivity index (χ1v) is 5.31. The molecule has 0 amide bonds. The number of fused-ring (bicyclic) bond motifs is 1. The number of halogens is 1. The van der Waals surface area contributed by atoms with Gasteiger partial charge in [0.1, 0.15) is 11.8 Å². The van der Waals surface area contributed by atoms with Gasteiger partial charge in [-0.05, 0) is 23.8 Å². The van der Waals surface area contributed by atoms with Gasteiger partial charge in [-0.3, -0.25) is 0 Å². The maximum atomic E-state index is 8.70. The van der Waals surface area contributed by atoms with Crippen LogP contribution in [0.1, 0.15) is 11.3 Å². The van der Waals surface area contributed by atoms with Crippen molar-refractivity contribution in [3.05, 3.63) is 41.6 Å². The van der Waals surface area contributed by atoms with E-state index in [0.29, 0.717) is 5.69 Å². The van der Waals surface area contributed by atoms with Crippen LogP contribution in [0.2, 0.25) is 0 Å². The molecule has 0 spiro atoms. The zero-order valence-corrected chi connectivity index (χ0v) is 8.95. The second-order valence-corrected chi connectivity index (χ2v) is 3.53. The molecular weight excluding hydrogens is 240 g/mol. The minimum absolute atomic E-state index is 0.462. The molecule has 0 unspecified atom stereocenters. The van der Waals surface area contributed by atoms with E-state index in [1.807, 2.05) is 30.3 Å². The topological polar surface area (TPSA) is 36.7 Å². The SMILES string of the molecule is N#Cc1ccc2ccc(CBr)cc2n1. The zero-order chi connectivity index (χ0) is 9.97. The van der Waals surface area contributed by atoms with Crippen LogP contribution in [0.5, 0.6) is 0 Å². The molecule has 0 saturated carbocycles. The summed E-state index contributed by atoms with van der Waals surface area (Å²) in [5, 5.41) is 10.6. The molecular formula is C11H7BrN2. The summed E-state index contributed by atoms with van der Waals surface area (Å²) in [6.07, 6.45) is 0. The predicted octanol–water partition coefficient (Wildman–Crippen LogP) is 3.00. The number of hydrogen-bond donors (Lipinski definition) is 0. The van der Waals surface area contributed by atoms with E-state index in [1.165, 1.54) is 5.56 Å². The number of rotatable bonds is 1. The highest BCUT2D eigenvalue weighted by Gasteiger charge is 1.98. The molecule has 0 saturated heterocycles. The summed E-state index contributed by atoms with van der Waals surface area (Å²) >= 11 is 3.39. The molecule has 2 rings (SSSR count). The minimum Gasteiger partial charge on any atom is -0.237 e. The summed E-state index contributed by atoms with van der Waals surface area (Å²) in [4.78, 5) is 4.22. The average molecular weight is 247 g/mol. The second-order valence-electron chi connectivity index (χ2n) is 2.97. The standard InChI is InChI=1S/C11H7BrN2/c12-6-8-1-2-9-3-4-10(7-13)14-11(9)5-8/h1-5H,6H2. The molecule has 0 radical (unpaired) electrons. The number of aromatic nitrogens is 1. The van der Waals surface area contributed by atoms with Crippen molar-refractivity contribution in [2.75, 3.05) is 0 Å². The molecule has 1 aromatic heterocycles. The Bertz CT molecular complexity index is 514. The van der Waals surface area contributed by atoms with E-state index in [4.69, 9.17) is 5.26 Å². The normalized spacial score (nSPS) is 10.0. The predicted molar refractivity (Wildman–Crippen MR) is 59.1 cm³/mol. The molecule has 0 aliphatic heterocycles. The van der Waals surface area contributed by atoms with Gasteiger partial charge in [-0.15, -0.1) is 0 Å². The number of pyridine rings is 1. The second kappa shape index (κ2) is 3.77. The lowest BCUT2D eigenvalue weighted by molar-refractivity contribution is 1.31. The van der Waals surface area contributed by atoms with Crippen molar-refractivity contribution < 1.29 is 0 Å². The molecule has 0 aliphatic carbocycles.